The summed E-state index contributed by atoms with van der Waals surface area (Å²) >= 11 is 6.12. The number of anilines is 2. The number of carbonyl (C=O) groups is 3. The first-order chi connectivity index (χ1) is 20.1. The fourth-order valence-corrected chi connectivity index (χ4v) is 5.41. The number of piperidine rings is 2. The highest BCUT2D eigenvalue weighted by molar-refractivity contribution is 6.33. The van der Waals surface area contributed by atoms with Gasteiger partial charge in [0.1, 0.15) is 11.9 Å². The number of ether oxygens (including phenoxy) is 3. The van der Waals surface area contributed by atoms with Crippen molar-refractivity contribution in [2.45, 2.75) is 43.7 Å². The summed E-state index contributed by atoms with van der Waals surface area (Å²) in [5.74, 6) is -0.806. The number of nitrogen functional groups attached to an aromatic ring is 1. The van der Waals surface area contributed by atoms with E-state index in [0.29, 0.717) is 48.6 Å². The average molecular weight is 604 g/mol. The quantitative estimate of drug-likeness (QED) is 0.247. The Labute approximate surface area is 250 Å². The molecule has 42 heavy (non-hydrogen) atoms. The van der Waals surface area contributed by atoms with Crippen molar-refractivity contribution in [3.05, 3.63) is 52.5 Å². The minimum absolute atomic E-state index is 0.123. The third-order valence-electron chi connectivity index (χ3n) is 7.60. The second-order valence-corrected chi connectivity index (χ2v) is 11.0. The molecule has 5 N–H and O–H groups in total. The average Bonchev–Trinajstić information content (AvgIpc) is 2.97. The smallest absolute Gasteiger partial charge is 0.339 e. The SMILES string of the molecule is COc1cc(N)c(Cl)cc1C(=O)N[C@@H]1CCN(CC(=O)Nc2ccc(C(=O)OC3C(O)CCCN3C)cc2)C[C@@H]1OC. The Morgan fingerprint density at radius 3 is 2.52 bits per heavy atom. The van der Waals surface area contributed by atoms with Crippen LogP contribution < -0.4 is 21.1 Å². The summed E-state index contributed by atoms with van der Waals surface area (Å²) in [7, 11) is 4.82. The van der Waals surface area contributed by atoms with Crippen LogP contribution in [-0.2, 0) is 14.3 Å². The van der Waals surface area contributed by atoms with Gasteiger partial charge in [-0.05, 0) is 56.6 Å². The van der Waals surface area contributed by atoms with Crippen molar-refractivity contribution >= 4 is 40.8 Å². The van der Waals surface area contributed by atoms with Gasteiger partial charge in [-0.3, -0.25) is 19.4 Å². The lowest BCUT2D eigenvalue weighted by Gasteiger charge is -2.37. The van der Waals surface area contributed by atoms with Gasteiger partial charge in [-0.25, -0.2) is 4.79 Å². The van der Waals surface area contributed by atoms with Crippen molar-refractivity contribution in [3.63, 3.8) is 0 Å². The van der Waals surface area contributed by atoms with Gasteiger partial charge in [-0.2, -0.15) is 0 Å². The first-order valence-corrected chi connectivity index (χ1v) is 14.2. The highest BCUT2D eigenvalue weighted by Crippen LogP contribution is 2.29. The standard InChI is InChI=1S/C29H38ClN5O7/c1-34-11-4-5-23(36)28(34)42-29(39)17-6-8-18(9-7-17)32-26(37)16-35-12-10-22(25(15-35)41-3)33-27(38)19-13-20(30)21(31)14-24(19)40-2/h6-9,13-14,22-23,25,28,36H,4-5,10-12,15-16,31H2,1-3H3,(H,32,37)(H,33,38)/t22-,23?,25+,28?/m1/s1. The van der Waals surface area contributed by atoms with E-state index < -0.39 is 18.3 Å². The predicted molar refractivity (Wildman–Crippen MR) is 158 cm³/mol. The van der Waals surface area contributed by atoms with Crippen LogP contribution in [0.4, 0.5) is 11.4 Å². The molecule has 0 saturated carbocycles. The molecule has 4 atom stereocenters. The fourth-order valence-electron chi connectivity index (χ4n) is 5.24. The number of esters is 1. The lowest BCUT2D eigenvalue weighted by Crippen LogP contribution is -2.55. The first kappa shape index (κ1) is 31.5. The molecule has 0 spiro atoms. The number of aliphatic hydroxyl groups is 1. The molecule has 2 aliphatic rings. The Kier molecular flexibility index (Phi) is 10.6. The molecule has 2 aromatic carbocycles. The van der Waals surface area contributed by atoms with Gasteiger partial charge in [0.05, 0.1) is 47.6 Å². The molecule has 2 aromatic rings. The van der Waals surface area contributed by atoms with Crippen molar-refractivity contribution < 1.29 is 33.7 Å². The highest BCUT2D eigenvalue weighted by Gasteiger charge is 2.33. The Morgan fingerprint density at radius 1 is 1.12 bits per heavy atom. The molecule has 12 nitrogen and oxygen atoms in total. The Morgan fingerprint density at radius 2 is 1.86 bits per heavy atom. The van der Waals surface area contributed by atoms with E-state index in [0.717, 1.165) is 13.0 Å². The van der Waals surface area contributed by atoms with E-state index >= 15 is 0 Å². The maximum atomic E-state index is 13.0. The number of hydrogen-bond acceptors (Lipinski definition) is 10. The minimum atomic E-state index is -0.725. The van der Waals surface area contributed by atoms with E-state index in [-0.39, 0.29) is 41.1 Å². The molecule has 2 aliphatic heterocycles. The zero-order valence-corrected chi connectivity index (χ0v) is 24.7. The van der Waals surface area contributed by atoms with Gasteiger partial charge in [0.15, 0.2) is 6.23 Å². The molecule has 2 amide bonds. The number of methoxy groups -OCH3 is 2. The number of hydrogen-bond donors (Lipinski definition) is 4. The second kappa shape index (κ2) is 14.2. The normalized spacial score (nSPS) is 23.2. The summed E-state index contributed by atoms with van der Waals surface area (Å²) in [5, 5.41) is 16.3. The summed E-state index contributed by atoms with van der Waals surface area (Å²) in [5.41, 5.74) is 7.27. The molecule has 0 bridgehead atoms. The highest BCUT2D eigenvalue weighted by atomic mass is 35.5. The summed E-state index contributed by atoms with van der Waals surface area (Å²) < 4.78 is 16.5. The van der Waals surface area contributed by atoms with Gasteiger partial charge in [0, 0.05) is 38.5 Å². The van der Waals surface area contributed by atoms with E-state index in [1.54, 1.807) is 31.4 Å². The van der Waals surface area contributed by atoms with Crippen LogP contribution in [-0.4, -0.2) is 105 Å². The second-order valence-electron chi connectivity index (χ2n) is 10.6. The van der Waals surface area contributed by atoms with E-state index in [9.17, 15) is 19.5 Å². The van der Waals surface area contributed by atoms with Crippen LogP contribution in [0.5, 0.6) is 5.75 Å². The summed E-state index contributed by atoms with van der Waals surface area (Å²) in [4.78, 5) is 42.1. The Balaban J connectivity index is 1.27. The van der Waals surface area contributed by atoms with E-state index in [1.807, 2.05) is 16.8 Å². The van der Waals surface area contributed by atoms with Gasteiger partial charge in [0.25, 0.3) is 5.91 Å². The number of nitrogens with two attached hydrogens (primary N) is 1. The Bertz CT molecular complexity index is 1270. The number of halogens is 1. The van der Waals surface area contributed by atoms with Crippen LogP contribution in [0, 0.1) is 0 Å². The topological polar surface area (TPSA) is 156 Å². The van der Waals surface area contributed by atoms with E-state index in [4.69, 9.17) is 31.5 Å². The molecule has 2 heterocycles. The van der Waals surface area contributed by atoms with Gasteiger partial charge in [-0.1, -0.05) is 11.6 Å². The number of aliphatic hydroxyl groups excluding tert-OH is 1. The van der Waals surface area contributed by atoms with Crippen molar-refractivity contribution in [2.24, 2.45) is 0 Å². The number of amides is 2. The van der Waals surface area contributed by atoms with Crippen LogP contribution in [0.25, 0.3) is 0 Å². The maximum absolute atomic E-state index is 13.0. The van der Waals surface area contributed by atoms with Crippen molar-refractivity contribution in [2.75, 3.05) is 58.5 Å². The van der Waals surface area contributed by atoms with Crippen molar-refractivity contribution in [3.8, 4) is 5.75 Å². The predicted octanol–water partition coefficient (Wildman–Crippen LogP) is 1.96. The zero-order chi connectivity index (χ0) is 30.4. The molecule has 2 saturated heterocycles. The van der Waals surface area contributed by atoms with Crippen LogP contribution in [0.1, 0.15) is 40.0 Å². The van der Waals surface area contributed by atoms with Crippen LogP contribution >= 0.6 is 11.6 Å². The third-order valence-corrected chi connectivity index (χ3v) is 7.93. The van der Waals surface area contributed by atoms with E-state index in [1.165, 1.54) is 19.2 Å². The van der Waals surface area contributed by atoms with Crippen LogP contribution in [0.2, 0.25) is 5.02 Å². The molecule has 4 rings (SSSR count). The number of likely N-dealkylation sites (tertiary alicyclic amines) is 2. The maximum Gasteiger partial charge on any atom is 0.339 e. The van der Waals surface area contributed by atoms with Gasteiger partial charge >= 0.3 is 5.97 Å². The lowest BCUT2D eigenvalue weighted by atomic mass is 10.0. The van der Waals surface area contributed by atoms with Crippen molar-refractivity contribution in [1.29, 1.82) is 0 Å². The molecule has 228 valence electrons. The summed E-state index contributed by atoms with van der Waals surface area (Å²) in [6.45, 7) is 1.86. The number of nitrogens with zero attached hydrogens (tertiary/aromatic N) is 2. The van der Waals surface area contributed by atoms with Crippen LogP contribution in [0.3, 0.4) is 0 Å². The monoisotopic (exact) mass is 603 g/mol. The minimum Gasteiger partial charge on any atom is -0.496 e. The summed E-state index contributed by atoms with van der Waals surface area (Å²) in [6.07, 6.45) is 0.229. The van der Waals surface area contributed by atoms with Gasteiger partial charge < -0.3 is 35.7 Å². The number of rotatable bonds is 9. The lowest BCUT2D eigenvalue weighted by molar-refractivity contribution is -0.118. The fraction of sp³-hybridized carbons (Fsp3) is 0.483. The molecule has 13 heteroatoms. The molecular weight excluding hydrogens is 566 g/mol. The van der Waals surface area contributed by atoms with E-state index in [2.05, 4.69) is 10.6 Å². The first-order valence-electron chi connectivity index (χ1n) is 13.8. The zero-order valence-electron chi connectivity index (χ0n) is 24.0. The molecule has 0 aromatic heterocycles. The molecular formula is C29H38ClN5O7. The van der Waals surface area contributed by atoms with Crippen LogP contribution in [0.15, 0.2) is 36.4 Å². The van der Waals surface area contributed by atoms with Gasteiger partial charge in [0.2, 0.25) is 5.91 Å². The number of benzene rings is 2. The largest absolute Gasteiger partial charge is 0.496 e. The number of nitrogens with one attached hydrogen (secondary N) is 2. The molecule has 0 aliphatic carbocycles. The molecule has 2 unspecified atom stereocenters. The number of carbonyl (C=O) groups excluding carboxylic acids is 3. The van der Waals surface area contributed by atoms with Crippen molar-refractivity contribution in [1.82, 2.24) is 15.1 Å². The Hall–Kier alpha value is -3.42. The summed E-state index contributed by atoms with van der Waals surface area (Å²) in [6, 6.07) is 9.11. The number of likely N-dealkylation sites (N-methyl/N-ethyl adjacent to an activating group) is 1. The van der Waals surface area contributed by atoms with Gasteiger partial charge in [-0.15, -0.1) is 0 Å². The molecule has 0 radical (unpaired) electrons. The third kappa shape index (κ3) is 7.69. The molecule has 2 fully saturated rings.